The minimum Gasteiger partial charge on any atom is -0.338 e. The molecule has 2 atom stereocenters. The maximum atomic E-state index is 14.0. The lowest BCUT2D eigenvalue weighted by Gasteiger charge is -2.19. The number of hydrogen-bond acceptors (Lipinski definition) is 6. The average molecular weight is 476 g/mol. The number of sulfone groups is 1. The fourth-order valence-electron chi connectivity index (χ4n) is 4.03. The molecular weight excluding hydrogens is 452 g/mol. The van der Waals surface area contributed by atoms with Crippen molar-refractivity contribution in [1.29, 1.82) is 5.26 Å². The van der Waals surface area contributed by atoms with Crippen molar-refractivity contribution >= 4 is 32.2 Å². The number of aromatic amines is 1. The van der Waals surface area contributed by atoms with Crippen LogP contribution in [0.25, 0.3) is 10.9 Å². The summed E-state index contributed by atoms with van der Waals surface area (Å²) in [4.78, 5) is 15.3. The Labute approximate surface area is 189 Å². The molecule has 0 aliphatic heterocycles. The first-order valence-corrected chi connectivity index (χ1v) is 11.8. The Balaban J connectivity index is 1.74. The summed E-state index contributed by atoms with van der Waals surface area (Å²) in [6.07, 6.45) is 0.284. The zero-order valence-electron chi connectivity index (χ0n) is 18.3. The standard InChI is InChI=1S/C22H23F2N5O3S/c1-21(2,3)33(31,32)15-6-4-14(5-7-15)27-19-18-16(8-9-26-20(18)30)29(28-19)17-11-22(23,24)10-13(17)12-25/h4-9,13,17H,10-11H2,1-3H3,(H,26,30)(H,27,28)/t13?,17-/m0/s1. The van der Waals surface area contributed by atoms with Gasteiger partial charge in [-0.05, 0) is 51.1 Å². The number of nitrogens with one attached hydrogen (secondary N) is 2. The van der Waals surface area contributed by atoms with Crippen molar-refractivity contribution in [2.75, 3.05) is 5.32 Å². The van der Waals surface area contributed by atoms with Crippen LogP contribution < -0.4 is 10.9 Å². The van der Waals surface area contributed by atoms with Crippen LogP contribution in [0.5, 0.6) is 0 Å². The van der Waals surface area contributed by atoms with Gasteiger partial charge in [0.1, 0.15) is 5.39 Å². The maximum absolute atomic E-state index is 14.0. The van der Waals surface area contributed by atoms with Crippen LogP contribution in [0.4, 0.5) is 20.3 Å². The van der Waals surface area contributed by atoms with Gasteiger partial charge in [0, 0.05) is 24.7 Å². The van der Waals surface area contributed by atoms with Crippen molar-refractivity contribution < 1.29 is 17.2 Å². The van der Waals surface area contributed by atoms with Crippen LogP contribution in [0.15, 0.2) is 46.2 Å². The molecule has 1 aliphatic carbocycles. The van der Waals surface area contributed by atoms with Gasteiger partial charge in [0.15, 0.2) is 15.7 Å². The number of aromatic nitrogens is 3. The topological polar surface area (TPSA) is 121 Å². The minimum absolute atomic E-state index is 0.130. The van der Waals surface area contributed by atoms with E-state index in [0.29, 0.717) is 11.2 Å². The minimum atomic E-state index is -3.54. The van der Waals surface area contributed by atoms with Gasteiger partial charge in [-0.3, -0.25) is 9.48 Å². The van der Waals surface area contributed by atoms with E-state index in [1.54, 1.807) is 39.0 Å². The van der Waals surface area contributed by atoms with Gasteiger partial charge >= 0.3 is 0 Å². The number of nitriles is 1. The van der Waals surface area contributed by atoms with Crippen LogP contribution in [0.3, 0.4) is 0 Å². The fraction of sp³-hybridized carbons (Fsp3) is 0.409. The molecule has 0 radical (unpaired) electrons. The monoisotopic (exact) mass is 475 g/mol. The predicted octanol–water partition coefficient (Wildman–Crippen LogP) is 4.15. The van der Waals surface area contributed by atoms with Gasteiger partial charge < -0.3 is 10.3 Å². The molecule has 0 bridgehead atoms. The van der Waals surface area contributed by atoms with Gasteiger partial charge in [-0.1, -0.05) is 0 Å². The number of nitrogens with zero attached hydrogens (tertiary/aromatic N) is 3. The van der Waals surface area contributed by atoms with E-state index in [2.05, 4.69) is 15.4 Å². The lowest BCUT2D eigenvalue weighted by Crippen LogP contribution is -2.27. The first kappa shape index (κ1) is 22.9. The first-order chi connectivity index (χ1) is 15.3. The van der Waals surface area contributed by atoms with Crippen LogP contribution >= 0.6 is 0 Å². The number of pyridine rings is 1. The number of H-pyrrole nitrogens is 1. The van der Waals surface area contributed by atoms with E-state index in [0.717, 1.165) is 0 Å². The molecule has 2 N–H and O–H groups in total. The summed E-state index contributed by atoms with van der Waals surface area (Å²) in [5.74, 6) is -3.81. The summed E-state index contributed by atoms with van der Waals surface area (Å²) < 4.78 is 53.7. The Morgan fingerprint density at radius 3 is 2.48 bits per heavy atom. The molecule has 2 heterocycles. The number of halogens is 2. The normalized spacial score (nSPS) is 20.6. The van der Waals surface area contributed by atoms with E-state index < -0.39 is 50.9 Å². The molecular formula is C22H23F2N5O3S. The van der Waals surface area contributed by atoms with Crippen molar-refractivity contribution in [2.45, 2.75) is 55.2 Å². The molecule has 4 rings (SSSR count). The van der Waals surface area contributed by atoms with E-state index in [-0.39, 0.29) is 16.1 Å². The summed E-state index contributed by atoms with van der Waals surface area (Å²) >= 11 is 0. The van der Waals surface area contributed by atoms with Crippen LogP contribution in [0, 0.1) is 17.2 Å². The van der Waals surface area contributed by atoms with E-state index >= 15 is 0 Å². The summed E-state index contributed by atoms with van der Waals surface area (Å²) in [6, 6.07) is 8.60. The second kappa shape index (κ2) is 7.66. The molecule has 0 spiro atoms. The average Bonchev–Trinajstić information content (AvgIpc) is 3.25. The predicted molar refractivity (Wildman–Crippen MR) is 119 cm³/mol. The smallest absolute Gasteiger partial charge is 0.261 e. The molecule has 0 saturated heterocycles. The number of hydrogen-bond donors (Lipinski definition) is 2. The van der Waals surface area contributed by atoms with Gasteiger partial charge in [0.05, 0.1) is 33.2 Å². The Morgan fingerprint density at radius 1 is 1.21 bits per heavy atom. The molecule has 33 heavy (non-hydrogen) atoms. The Bertz CT molecular complexity index is 1410. The van der Waals surface area contributed by atoms with E-state index in [4.69, 9.17) is 0 Å². The highest BCUT2D eigenvalue weighted by Crippen LogP contribution is 2.46. The second-order valence-corrected chi connectivity index (χ2v) is 11.9. The van der Waals surface area contributed by atoms with Gasteiger partial charge in [-0.25, -0.2) is 17.2 Å². The third-order valence-electron chi connectivity index (χ3n) is 5.83. The number of fused-ring (bicyclic) bond motifs is 1. The quantitative estimate of drug-likeness (QED) is 0.585. The fourth-order valence-corrected chi connectivity index (χ4v) is 5.23. The summed E-state index contributed by atoms with van der Waals surface area (Å²) in [5.41, 5.74) is 0.328. The Morgan fingerprint density at radius 2 is 1.88 bits per heavy atom. The van der Waals surface area contributed by atoms with Crippen molar-refractivity contribution in [1.82, 2.24) is 14.8 Å². The number of anilines is 2. The highest BCUT2D eigenvalue weighted by atomic mass is 32.2. The van der Waals surface area contributed by atoms with Gasteiger partial charge in [-0.2, -0.15) is 10.4 Å². The molecule has 8 nitrogen and oxygen atoms in total. The zero-order chi connectivity index (χ0) is 24.2. The third-order valence-corrected chi connectivity index (χ3v) is 8.34. The van der Waals surface area contributed by atoms with E-state index in [9.17, 15) is 27.3 Å². The van der Waals surface area contributed by atoms with Crippen LogP contribution in [-0.4, -0.2) is 33.9 Å². The van der Waals surface area contributed by atoms with Gasteiger partial charge in [0.25, 0.3) is 11.5 Å². The summed E-state index contributed by atoms with van der Waals surface area (Å²) in [7, 11) is -3.54. The van der Waals surface area contributed by atoms with Crippen molar-refractivity contribution in [3.63, 3.8) is 0 Å². The van der Waals surface area contributed by atoms with Crippen LogP contribution in [0.1, 0.15) is 39.7 Å². The maximum Gasteiger partial charge on any atom is 0.261 e. The SMILES string of the molecule is CC(C)(C)S(=O)(=O)c1ccc(Nc2nn([C@H]3CC(F)(F)CC3C#N)c3cc[nH]c(=O)c23)cc1. The number of alkyl halides is 2. The highest BCUT2D eigenvalue weighted by molar-refractivity contribution is 7.92. The Kier molecular flexibility index (Phi) is 5.32. The highest BCUT2D eigenvalue weighted by Gasteiger charge is 2.48. The van der Waals surface area contributed by atoms with Crippen molar-refractivity contribution in [2.24, 2.45) is 5.92 Å². The van der Waals surface area contributed by atoms with Gasteiger partial charge in [-0.15, -0.1) is 0 Å². The third kappa shape index (κ3) is 3.99. The summed E-state index contributed by atoms with van der Waals surface area (Å²) in [5, 5.41) is 16.9. The molecule has 3 aromatic rings. The molecule has 1 aromatic carbocycles. The van der Waals surface area contributed by atoms with E-state index in [1.807, 2.05) is 6.07 Å². The lowest BCUT2D eigenvalue weighted by atomic mass is 10.1. The number of rotatable bonds is 4. The van der Waals surface area contributed by atoms with Crippen molar-refractivity contribution in [3.05, 3.63) is 46.9 Å². The van der Waals surface area contributed by atoms with E-state index in [1.165, 1.54) is 23.0 Å². The molecule has 2 aromatic heterocycles. The molecule has 1 aliphatic rings. The van der Waals surface area contributed by atoms with Gasteiger partial charge in [0.2, 0.25) is 0 Å². The molecule has 1 saturated carbocycles. The molecule has 0 amide bonds. The largest absolute Gasteiger partial charge is 0.338 e. The molecule has 11 heteroatoms. The zero-order valence-corrected chi connectivity index (χ0v) is 19.1. The first-order valence-electron chi connectivity index (χ1n) is 10.3. The van der Waals surface area contributed by atoms with Crippen LogP contribution in [0.2, 0.25) is 0 Å². The molecule has 174 valence electrons. The van der Waals surface area contributed by atoms with Crippen molar-refractivity contribution in [3.8, 4) is 6.07 Å². The summed E-state index contributed by atoms with van der Waals surface area (Å²) in [6.45, 7) is 4.84. The molecule has 1 unspecified atom stereocenters. The lowest BCUT2D eigenvalue weighted by molar-refractivity contribution is 0.00392. The Hall–Kier alpha value is -3.26. The second-order valence-electron chi connectivity index (χ2n) is 9.19. The van der Waals surface area contributed by atoms with Crippen LogP contribution in [-0.2, 0) is 9.84 Å². The molecule has 1 fully saturated rings. The number of benzene rings is 1.